The van der Waals surface area contributed by atoms with E-state index in [-0.39, 0.29) is 16.5 Å². The van der Waals surface area contributed by atoms with Gasteiger partial charge in [0.1, 0.15) is 11.4 Å². The maximum atomic E-state index is 13.9. The van der Waals surface area contributed by atoms with Crippen molar-refractivity contribution >= 4 is 38.4 Å². The topological polar surface area (TPSA) is 51.1 Å². The standard InChI is InChI=1S/C18H14BrFN2O2/c1-10-8-11(19)6-7-15(10)21-18(24)13-9-22(2)16-12(17(13)23)4-3-5-14(16)20/h3-9H,1-2H3,(H,21,24). The number of amides is 1. The molecule has 0 spiro atoms. The third kappa shape index (κ3) is 2.85. The molecule has 3 rings (SSSR count). The van der Waals surface area contributed by atoms with Crippen molar-refractivity contribution in [3.63, 3.8) is 0 Å². The fraction of sp³-hybridized carbons (Fsp3) is 0.111. The summed E-state index contributed by atoms with van der Waals surface area (Å²) in [4.78, 5) is 25.1. The number of nitrogens with one attached hydrogen (secondary N) is 1. The second-order valence-electron chi connectivity index (χ2n) is 5.53. The van der Waals surface area contributed by atoms with E-state index < -0.39 is 17.2 Å². The fourth-order valence-electron chi connectivity index (χ4n) is 2.64. The molecule has 122 valence electrons. The number of nitrogens with zero attached hydrogens (tertiary/aromatic N) is 1. The van der Waals surface area contributed by atoms with E-state index in [2.05, 4.69) is 21.2 Å². The average molecular weight is 389 g/mol. The van der Waals surface area contributed by atoms with Gasteiger partial charge >= 0.3 is 0 Å². The summed E-state index contributed by atoms with van der Waals surface area (Å²) in [5, 5.41) is 2.91. The number of pyridine rings is 1. The highest BCUT2D eigenvalue weighted by atomic mass is 79.9. The minimum atomic E-state index is -0.521. The van der Waals surface area contributed by atoms with Crippen LogP contribution in [0.2, 0.25) is 0 Å². The predicted molar refractivity (Wildman–Crippen MR) is 96.0 cm³/mol. The highest BCUT2D eigenvalue weighted by Crippen LogP contribution is 2.21. The number of hydrogen-bond donors (Lipinski definition) is 1. The van der Waals surface area contributed by atoms with E-state index in [4.69, 9.17) is 0 Å². The van der Waals surface area contributed by atoms with Crippen LogP contribution >= 0.6 is 15.9 Å². The van der Waals surface area contributed by atoms with Gasteiger partial charge in [0.25, 0.3) is 5.91 Å². The predicted octanol–water partition coefficient (Wildman–Crippen LogP) is 4.00. The quantitative estimate of drug-likeness (QED) is 0.721. The van der Waals surface area contributed by atoms with Gasteiger partial charge in [-0.2, -0.15) is 0 Å². The maximum Gasteiger partial charge on any atom is 0.261 e. The molecule has 0 saturated carbocycles. The van der Waals surface area contributed by atoms with Crippen LogP contribution < -0.4 is 10.7 Å². The maximum absolute atomic E-state index is 13.9. The number of aromatic nitrogens is 1. The molecule has 4 nitrogen and oxygen atoms in total. The number of aryl methyl sites for hydroxylation is 2. The van der Waals surface area contributed by atoms with E-state index in [1.54, 1.807) is 19.2 Å². The summed E-state index contributed by atoms with van der Waals surface area (Å²) < 4.78 is 16.3. The smallest absolute Gasteiger partial charge is 0.261 e. The van der Waals surface area contributed by atoms with Crippen LogP contribution in [0.1, 0.15) is 15.9 Å². The van der Waals surface area contributed by atoms with Crippen molar-refractivity contribution in [1.29, 1.82) is 0 Å². The molecule has 1 heterocycles. The van der Waals surface area contributed by atoms with Crippen LogP contribution in [0.25, 0.3) is 10.9 Å². The van der Waals surface area contributed by atoms with Crippen molar-refractivity contribution in [2.45, 2.75) is 6.92 Å². The Kier molecular flexibility index (Phi) is 4.24. The molecule has 0 saturated heterocycles. The van der Waals surface area contributed by atoms with Crippen LogP contribution in [-0.4, -0.2) is 10.5 Å². The molecule has 0 aliphatic rings. The van der Waals surface area contributed by atoms with Crippen molar-refractivity contribution in [1.82, 2.24) is 4.57 Å². The molecule has 0 aliphatic heterocycles. The molecule has 0 aliphatic carbocycles. The second kappa shape index (κ2) is 6.20. The molecule has 1 aromatic heterocycles. The van der Waals surface area contributed by atoms with Crippen molar-refractivity contribution in [2.24, 2.45) is 7.05 Å². The van der Waals surface area contributed by atoms with Gasteiger partial charge in [0.2, 0.25) is 5.43 Å². The minimum absolute atomic E-state index is 0.0297. The third-order valence-electron chi connectivity index (χ3n) is 3.83. The second-order valence-corrected chi connectivity index (χ2v) is 6.45. The molecule has 24 heavy (non-hydrogen) atoms. The molecule has 0 atom stereocenters. The van der Waals surface area contributed by atoms with E-state index in [0.29, 0.717) is 5.69 Å². The number of hydrogen-bond acceptors (Lipinski definition) is 2. The Balaban J connectivity index is 2.08. The first-order chi connectivity index (χ1) is 11.4. The lowest BCUT2D eigenvalue weighted by molar-refractivity contribution is 0.102. The molecule has 1 amide bonds. The molecule has 0 radical (unpaired) electrons. The van der Waals surface area contributed by atoms with Crippen LogP contribution in [0.3, 0.4) is 0 Å². The van der Waals surface area contributed by atoms with E-state index >= 15 is 0 Å². The number of carbonyl (C=O) groups is 1. The van der Waals surface area contributed by atoms with Gasteiger partial charge in [0, 0.05) is 28.8 Å². The first-order valence-electron chi connectivity index (χ1n) is 7.24. The summed E-state index contributed by atoms with van der Waals surface area (Å²) in [5.74, 6) is -1.02. The number of anilines is 1. The van der Waals surface area contributed by atoms with Gasteiger partial charge in [-0.05, 0) is 42.8 Å². The van der Waals surface area contributed by atoms with Gasteiger partial charge in [-0.25, -0.2) is 4.39 Å². The van der Waals surface area contributed by atoms with Gasteiger partial charge in [0.05, 0.1) is 5.52 Å². The Bertz CT molecular complexity index is 1030. The van der Waals surface area contributed by atoms with Crippen molar-refractivity contribution < 1.29 is 9.18 Å². The first-order valence-corrected chi connectivity index (χ1v) is 8.03. The van der Waals surface area contributed by atoms with E-state index in [9.17, 15) is 14.0 Å². The van der Waals surface area contributed by atoms with E-state index in [1.165, 1.54) is 29.0 Å². The van der Waals surface area contributed by atoms with Gasteiger partial charge in [-0.15, -0.1) is 0 Å². The zero-order valence-corrected chi connectivity index (χ0v) is 14.6. The number of rotatable bonds is 2. The normalized spacial score (nSPS) is 10.8. The molecule has 3 aromatic rings. The summed E-state index contributed by atoms with van der Waals surface area (Å²) in [7, 11) is 1.60. The van der Waals surface area contributed by atoms with Crippen LogP contribution in [0.15, 0.2) is 51.9 Å². The molecular weight excluding hydrogens is 375 g/mol. The molecule has 6 heteroatoms. The highest BCUT2D eigenvalue weighted by Gasteiger charge is 2.17. The van der Waals surface area contributed by atoms with Crippen LogP contribution in [0.5, 0.6) is 0 Å². The van der Waals surface area contributed by atoms with Crippen molar-refractivity contribution in [2.75, 3.05) is 5.32 Å². The van der Waals surface area contributed by atoms with Crippen molar-refractivity contribution in [3.8, 4) is 0 Å². The summed E-state index contributed by atoms with van der Waals surface area (Å²) in [5.41, 5.74) is 1.14. The van der Waals surface area contributed by atoms with Crippen molar-refractivity contribution in [3.05, 3.63) is 74.2 Å². The Hall–Kier alpha value is -2.47. The summed E-state index contributed by atoms with van der Waals surface area (Å²) in [6, 6.07) is 9.68. The lowest BCUT2D eigenvalue weighted by Gasteiger charge is -2.11. The van der Waals surface area contributed by atoms with Crippen LogP contribution in [0, 0.1) is 12.7 Å². The zero-order chi connectivity index (χ0) is 17.4. The lowest BCUT2D eigenvalue weighted by atomic mass is 10.1. The third-order valence-corrected chi connectivity index (χ3v) is 4.33. The monoisotopic (exact) mass is 388 g/mol. The molecule has 1 N–H and O–H groups in total. The first kappa shape index (κ1) is 16.4. The summed E-state index contributed by atoms with van der Waals surface area (Å²) in [6.45, 7) is 1.86. The average Bonchev–Trinajstić information content (AvgIpc) is 2.53. The minimum Gasteiger partial charge on any atom is -0.347 e. The Morgan fingerprint density at radius 2 is 2.00 bits per heavy atom. The fourth-order valence-corrected chi connectivity index (χ4v) is 3.11. The van der Waals surface area contributed by atoms with Crippen LogP contribution in [0.4, 0.5) is 10.1 Å². The van der Waals surface area contributed by atoms with Gasteiger partial charge in [-0.3, -0.25) is 9.59 Å². The summed E-state index contributed by atoms with van der Waals surface area (Å²) >= 11 is 3.36. The number of benzene rings is 2. The molecule has 0 unspecified atom stereocenters. The Morgan fingerprint density at radius 3 is 2.71 bits per heavy atom. The highest BCUT2D eigenvalue weighted by molar-refractivity contribution is 9.10. The zero-order valence-electron chi connectivity index (χ0n) is 13.1. The SMILES string of the molecule is Cc1cc(Br)ccc1NC(=O)c1cn(C)c2c(F)cccc2c1=O. The molecular formula is C18H14BrFN2O2. The molecule has 0 bridgehead atoms. The number of fused-ring (bicyclic) bond motifs is 1. The number of halogens is 2. The lowest BCUT2D eigenvalue weighted by Crippen LogP contribution is -2.24. The van der Waals surface area contributed by atoms with Crippen LogP contribution in [-0.2, 0) is 7.05 Å². The van der Waals surface area contributed by atoms with Gasteiger partial charge in [-0.1, -0.05) is 22.0 Å². The molecule has 0 fully saturated rings. The Labute approximate surface area is 146 Å². The number of carbonyl (C=O) groups excluding carboxylic acids is 1. The largest absolute Gasteiger partial charge is 0.347 e. The number of para-hydroxylation sites is 1. The van der Waals surface area contributed by atoms with E-state index in [1.807, 2.05) is 13.0 Å². The van der Waals surface area contributed by atoms with Gasteiger partial charge < -0.3 is 9.88 Å². The molecule has 2 aromatic carbocycles. The van der Waals surface area contributed by atoms with E-state index in [0.717, 1.165) is 10.0 Å². The summed E-state index contributed by atoms with van der Waals surface area (Å²) in [6.07, 6.45) is 1.36. The Morgan fingerprint density at radius 1 is 1.25 bits per heavy atom. The van der Waals surface area contributed by atoms with Gasteiger partial charge in [0.15, 0.2) is 0 Å².